The summed E-state index contributed by atoms with van der Waals surface area (Å²) in [6.07, 6.45) is 9.56. The minimum absolute atomic E-state index is 0.0904. The molecule has 180 valence electrons. The lowest BCUT2D eigenvalue weighted by atomic mass is 9.98. The molecule has 0 bridgehead atoms. The fraction of sp³-hybridized carbons (Fsp3) is 0.231. The highest BCUT2D eigenvalue weighted by atomic mass is 19.2. The summed E-state index contributed by atoms with van der Waals surface area (Å²) in [6, 6.07) is 6.63. The fourth-order valence-electron chi connectivity index (χ4n) is 4.57. The zero-order valence-corrected chi connectivity index (χ0v) is 19.2. The summed E-state index contributed by atoms with van der Waals surface area (Å²) in [5.74, 6) is -3.81. The van der Waals surface area contributed by atoms with Gasteiger partial charge in [-0.15, -0.1) is 0 Å². The number of carbonyl (C=O) groups is 1. The number of rotatable bonds is 5. The summed E-state index contributed by atoms with van der Waals surface area (Å²) in [5, 5.41) is 3.70. The van der Waals surface area contributed by atoms with Crippen LogP contribution in [0.5, 0.6) is 5.75 Å². The molecule has 2 aliphatic heterocycles. The van der Waals surface area contributed by atoms with Crippen molar-refractivity contribution in [3.63, 3.8) is 0 Å². The van der Waals surface area contributed by atoms with Crippen molar-refractivity contribution in [2.24, 2.45) is 0 Å². The van der Waals surface area contributed by atoms with Gasteiger partial charge in [0.05, 0.1) is 30.5 Å². The molecule has 6 nitrogen and oxygen atoms in total. The number of aromatic nitrogens is 2. The summed E-state index contributed by atoms with van der Waals surface area (Å²) in [4.78, 5) is 17.3. The summed E-state index contributed by atoms with van der Waals surface area (Å²) < 4.78 is 48.6. The van der Waals surface area contributed by atoms with Gasteiger partial charge in [0.15, 0.2) is 23.2 Å². The highest BCUT2D eigenvalue weighted by Gasteiger charge is 2.39. The van der Waals surface area contributed by atoms with Crippen LogP contribution >= 0.6 is 0 Å². The Morgan fingerprint density at radius 3 is 2.54 bits per heavy atom. The smallest absolute Gasteiger partial charge is 0.194 e. The zero-order chi connectivity index (χ0) is 24.7. The van der Waals surface area contributed by atoms with Crippen LogP contribution in [0.1, 0.15) is 29.3 Å². The van der Waals surface area contributed by atoms with Crippen molar-refractivity contribution in [2.45, 2.75) is 19.4 Å². The van der Waals surface area contributed by atoms with Crippen LogP contribution in [-0.4, -0.2) is 45.6 Å². The second-order valence-corrected chi connectivity index (χ2v) is 8.50. The number of carbonyl (C=O) groups excluding carboxylic acids is 1. The van der Waals surface area contributed by atoms with Crippen LogP contribution in [0.2, 0.25) is 0 Å². The minimum atomic E-state index is -1.54. The Labute approximate surface area is 200 Å². The second kappa shape index (κ2) is 9.07. The third-order valence-corrected chi connectivity index (χ3v) is 6.19. The van der Waals surface area contributed by atoms with E-state index in [-0.39, 0.29) is 11.3 Å². The van der Waals surface area contributed by atoms with Gasteiger partial charge in [0.25, 0.3) is 0 Å². The van der Waals surface area contributed by atoms with Crippen LogP contribution in [0.3, 0.4) is 0 Å². The van der Waals surface area contributed by atoms with E-state index in [1.165, 1.54) is 6.08 Å². The van der Waals surface area contributed by atoms with Gasteiger partial charge in [0, 0.05) is 25.4 Å². The Morgan fingerprint density at radius 1 is 1.09 bits per heavy atom. The molecule has 2 aromatic carbocycles. The lowest BCUT2D eigenvalue weighted by Gasteiger charge is -2.39. The molecule has 9 heteroatoms. The first-order valence-electron chi connectivity index (χ1n) is 11.2. The second-order valence-electron chi connectivity index (χ2n) is 8.50. The molecule has 0 saturated carbocycles. The van der Waals surface area contributed by atoms with E-state index in [2.05, 4.69) is 4.98 Å². The van der Waals surface area contributed by atoms with Crippen molar-refractivity contribution in [1.82, 2.24) is 19.6 Å². The number of imidazole rings is 1. The Kier molecular flexibility index (Phi) is 5.94. The molecular weight excluding hydrogens is 457 g/mol. The third kappa shape index (κ3) is 4.23. The average molecular weight is 480 g/mol. The maximum absolute atomic E-state index is 13.9. The van der Waals surface area contributed by atoms with E-state index >= 15 is 0 Å². The van der Waals surface area contributed by atoms with Crippen molar-refractivity contribution in [3.8, 4) is 11.4 Å². The third-order valence-electron chi connectivity index (χ3n) is 6.19. The van der Waals surface area contributed by atoms with Crippen molar-refractivity contribution >= 4 is 11.9 Å². The molecule has 1 fully saturated rings. The molecule has 1 aromatic heterocycles. The predicted molar refractivity (Wildman–Crippen MR) is 124 cm³/mol. The fourth-order valence-corrected chi connectivity index (χ4v) is 4.57. The van der Waals surface area contributed by atoms with Gasteiger partial charge < -0.3 is 14.3 Å². The van der Waals surface area contributed by atoms with E-state index in [4.69, 9.17) is 4.74 Å². The molecule has 1 unspecified atom stereocenters. The lowest BCUT2D eigenvalue weighted by Crippen LogP contribution is -2.45. The van der Waals surface area contributed by atoms with E-state index in [0.29, 0.717) is 24.5 Å². The van der Waals surface area contributed by atoms with Crippen molar-refractivity contribution in [1.29, 1.82) is 0 Å². The van der Waals surface area contributed by atoms with Gasteiger partial charge in [-0.05, 0) is 54.8 Å². The molecule has 0 aliphatic carbocycles. The number of nitrogens with zero attached hydrogens (tertiary/aromatic N) is 4. The number of hydrogen-bond donors (Lipinski definition) is 0. The number of ketones is 1. The number of hydrazine groups is 1. The Balaban J connectivity index is 1.44. The monoisotopic (exact) mass is 480 g/mol. The Hall–Kier alpha value is -3.85. The predicted octanol–water partition coefficient (Wildman–Crippen LogP) is 4.75. The summed E-state index contributed by atoms with van der Waals surface area (Å²) >= 11 is 0. The van der Waals surface area contributed by atoms with Crippen LogP contribution in [0.15, 0.2) is 60.7 Å². The summed E-state index contributed by atoms with van der Waals surface area (Å²) in [6.45, 7) is 3.10. The topological polar surface area (TPSA) is 50.6 Å². The molecule has 0 radical (unpaired) electrons. The van der Waals surface area contributed by atoms with Gasteiger partial charge in [-0.3, -0.25) is 4.79 Å². The first kappa shape index (κ1) is 22.9. The molecule has 5 rings (SSSR count). The minimum Gasteiger partial charge on any atom is -0.495 e. The van der Waals surface area contributed by atoms with Gasteiger partial charge in [-0.2, -0.15) is 0 Å². The standard InChI is InChI=1S/C26H23F3N4O2/c1-16-14-31(15-30-16)22-7-5-17(10-24(22)35-2)4-6-19-13-23(34)26(33-9-3-8-32(19)33)18-11-20(27)25(29)21(28)12-18/h4-7,10-15,26H,3,8-9H2,1-2H3. The van der Waals surface area contributed by atoms with E-state index in [1.54, 1.807) is 18.4 Å². The van der Waals surface area contributed by atoms with Crippen LogP contribution in [0.4, 0.5) is 13.2 Å². The van der Waals surface area contributed by atoms with Crippen LogP contribution in [0.25, 0.3) is 11.8 Å². The maximum Gasteiger partial charge on any atom is 0.194 e. The molecule has 3 heterocycles. The Morgan fingerprint density at radius 2 is 1.86 bits per heavy atom. The SMILES string of the molecule is COc1cc(C=CC2=CC(=O)C(c3cc(F)c(F)c(F)c3)N3CCCN23)ccc1-n1cnc(C)c1. The molecule has 0 spiro atoms. The highest BCUT2D eigenvalue weighted by Crippen LogP contribution is 2.36. The molecule has 2 aliphatic rings. The van der Waals surface area contributed by atoms with E-state index in [9.17, 15) is 18.0 Å². The number of allylic oxidation sites excluding steroid dienone is 1. The molecule has 3 aromatic rings. The van der Waals surface area contributed by atoms with Gasteiger partial charge in [0.2, 0.25) is 0 Å². The lowest BCUT2D eigenvalue weighted by molar-refractivity contribution is -0.127. The van der Waals surface area contributed by atoms with Crippen LogP contribution in [0, 0.1) is 24.4 Å². The highest BCUT2D eigenvalue weighted by molar-refractivity contribution is 5.97. The largest absolute Gasteiger partial charge is 0.495 e. The number of fused-ring (bicyclic) bond motifs is 1. The average Bonchev–Trinajstić information content (AvgIpc) is 3.50. The van der Waals surface area contributed by atoms with E-state index in [1.807, 2.05) is 53.0 Å². The molecular formula is C26H23F3N4O2. The van der Waals surface area contributed by atoms with Crippen molar-refractivity contribution in [2.75, 3.05) is 20.2 Å². The summed E-state index contributed by atoms with van der Waals surface area (Å²) in [5.41, 5.74) is 3.37. The molecule has 35 heavy (non-hydrogen) atoms. The number of methoxy groups -OCH3 is 1. The van der Waals surface area contributed by atoms with Gasteiger partial charge >= 0.3 is 0 Å². The molecule has 1 saturated heterocycles. The van der Waals surface area contributed by atoms with Gasteiger partial charge in [0.1, 0.15) is 11.8 Å². The van der Waals surface area contributed by atoms with Gasteiger partial charge in [-0.25, -0.2) is 23.2 Å². The van der Waals surface area contributed by atoms with E-state index in [0.717, 1.165) is 35.5 Å². The molecule has 1 atom stereocenters. The number of benzene rings is 2. The number of hydrogen-bond acceptors (Lipinski definition) is 5. The van der Waals surface area contributed by atoms with Gasteiger partial charge in [-0.1, -0.05) is 12.1 Å². The van der Waals surface area contributed by atoms with Crippen molar-refractivity contribution < 1.29 is 22.7 Å². The number of halogens is 3. The number of aryl methyl sites for hydroxylation is 1. The first-order chi connectivity index (χ1) is 16.9. The normalized spacial score (nSPS) is 18.3. The van der Waals surface area contributed by atoms with Crippen molar-refractivity contribution in [3.05, 3.63) is 95.0 Å². The summed E-state index contributed by atoms with van der Waals surface area (Å²) in [7, 11) is 1.60. The Bertz CT molecular complexity index is 1340. The van der Waals surface area contributed by atoms with Crippen LogP contribution in [-0.2, 0) is 4.79 Å². The molecule has 0 N–H and O–H groups in total. The maximum atomic E-state index is 13.9. The molecule has 0 amide bonds. The van der Waals surface area contributed by atoms with Crippen LogP contribution < -0.4 is 4.74 Å². The first-order valence-corrected chi connectivity index (χ1v) is 11.2. The van der Waals surface area contributed by atoms with E-state index < -0.39 is 23.5 Å². The zero-order valence-electron chi connectivity index (χ0n) is 19.2. The quantitative estimate of drug-likeness (QED) is 0.494. The number of ether oxygens (including phenoxy) is 1.